The van der Waals surface area contributed by atoms with E-state index in [-0.39, 0.29) is 37.0 Å². The lowest BCUT2D eigenvalue weighted by Gasteiger charge is -2.26. The Balaban J connectivity index is 1.36. The Morgan fingerprint density at radius 3 is 2.81 bits per heavy atom. The topological polar surface area (TPSA) is 97.0 Å². The number of Topliss-reactive ketones (excluding diaryl/α,β-unsaturated/α-hetero) is 1. The van der Waals surface area contributed by atoms with Crippen LogP contribution in [0.5, 0.6) is 5.75 Å². The quantitative estimate of drug-likeness (QED) is 0.516. The maximum Gasteiger partial charge on any atom is 0.262 e. The fourth-order valence-corrected chi connectivity index (χ4v) is 3.07. The fourth-order valence-electron chi connectivity index (χ4n) is 3.07. The molecule has 0 atom stereocenters. The molecule has 0 aromatic heterocycles. The van der Waals surface area contributed by atoms with E-state index in [2.05, 4.69) is 15.5 Å². The molecule has 1 fully saturated rings. The molecule has 0 bridgehead atoms. The number of hydrogen-bond donors (Lipinski definition) is 2. The maximum atomic E-state index is 12.3. The number of carbonyl (C=O) groups is 3. The number of anilines is 1. The van der Waals surface area contributed by atoms with Gasteiger partial charge in [-0.3, -0.25) is 19.3 Å². The van der Waals surface area contributed by atoms with Crippen LogP contribution in [-0.2, 0) is 14.3 Å². The van der Waals surface area contributed by atoms with E-state index in [0.29, 0.717) is 23.5 Å². The molecular formula is C19H25N3O5. The van der Waals surface area contributed by atoms with Crippen molar-refractivity contribution in [2.75, 3.05) is 51.3 Å². The number of ether oxygens (including phenoxy) is 2. The number of nitrogens with one attached hydrogen (secondary N) is 2. The van der Waals surface area contributed by atoms with Gasteiger partial charge in [-0.05, 0) is 31.2 Å². The second-order valence-electron chi connectivity index (χ2n) is 6.63. The molecule has 8 nitrogen and oxygen atoms in total. The molecule has 3 rings (SSSR count). The molecule has 2 aliphatic heterocycles. The summed E-state index contributed by atoms with van der Waals surface area (Å²) in [7, 11) is 0. The summed E-state index contributed by atoms with van der Waals surface area (Å²) in [6.07, 6.45) is 1.16. The summed E-state index contributed by atoms with van der Waals surface area (Å²) in [5, 5.41) is 5.53. The number of benzene rings is 1. The van der Waals surface area contributed by atoms with E-state index < -0.39 is 0 Å². The van der Waals surface area contributed by atoms with Crippen LogP contribution in [-0.4, -0.2) is 68.5 Å². The molecule has 27 heavy (non-hydrogen) atoms. The summed E-state index contributed by atoms with van der Waals surface area (Å²) in [4.78, 5) is 37.9. The lowest BCUT2D eigenvalue weighted by atomic mass is 10.0. The van der Waals surface area contributed by atoms with Crippen molar-refractivity contribution in [3.05, 3.63) is 23.8 Å². The van der Waals surface area contributed by atoms with Gasteiger partial charge in [0.15, 0.2) is 12.4 Å². The minimum Gasteiger partial charge on any atom is -0.482 e. The number of carbonyl (C=O) groups excluding carboxylic acids is 3. The second-order valence-corrected chi connectivity index (χ2v) is 6.63. The summed E-state index contributed by atoms with van der Waals surface area (Å²) >= 11 is 0. The highest BCUT2D eigenvalue weighted by molar-refractivity contribution is 6.01. The standard InChI is InChI=1S/C19H25N3O5/c23-16(14-2-4-17-15(12-14)21-19(25)13-27-17)3-5-18(24)20-6-1-7-22-8-10-26-11-9-22/h2,4,12H,1,3,5-11,13H2,(H,20,24)(H,21,25). The van der Waals surface area contributed by atoms with Crippen LogP contribution >= 0.6 is 0 Å². The Morgan fingerprint density at radius 1 is 1.19 bits per heavy atom. The molecule has 0 radical (unpaired) electrons. The summed E-state index contributed by atoms with van der Waals surface area (Å²) in [5.41, 5.74) is 0.948. The van der Waals surface area contributed by atoms with E-state index in [1.54, 1.807) is 18.2 Å². The molecule has 1 aromatic rings. The first-order valence-electron chi connectivity index (χ1n) is 9.28. The monoisotopic (exact) mass is 375 g/mol. The molecule has 0 spiro atoms. The minimum absolute atomic E-state index is 0.0218. The molecule has 2 amide bonds. The molecule has 2 aliphatic rings. The van der Waals surface area contributed by atoms with Gasteiger partial charge in [-0.1, -0.05) is 0 Å². The van der Waals surface area contributed by atoms with Crippen LogP contribution in [0.2, 0.25) is 0 Å². The van der Waals surface area contributed by atoms with Gasteiger partial charge in [-0.25, -0.2) is 0 Å². The predicted molar refractivity (Wildman–Crippen MR) is 99.0 cm³/mol. The summed E-state index contributed by atoms with van der Waals surface area (Å²) in [5.74, 6) is 0.0359. The van der Waals surface area contributed by atoms with Crippen LogP contribution in [0.1, 0.15) is 29.6 Å². The lowest BCUT2D eigenvalue weighted by Crippen LogP contribution is -2.38. The first-order chi connectivity index (χ1) is 13.1. The van der Waals surface area contributed by atoms with Gasteiger partial charge in [0.25, 0.3) is 5.91 Å². The zero-order chi connectivity index (χ0) is 19.1. The predicted octanol–water partition coefficient (Wildman–Crippen LogP) is 0.819. The highest BCUT2D eigenvalue weighted by Gasteiger charge is 2.18. The van der Waals surface area contributed by atoms with E-state index in [1.807, 2.05) is 0 Å². The van der Waals surface area contributed by atoms with E-state index in [9.17, 15) is 14.4 Å². The normalized spacial score (nSPS) is 16.8. The number of rotatable bonds is 8. The van der Waals surface area contributed by atoms with Gasteiger partial charge in [0, 0.05) is 38.0 Å². The van der Waals surface area contributed by atoms with Crippen LogP contribution in [0.15, 0.2) is 18.2 Å². The molecule has 8 heteroatoms. The van der Waals surface area contributed by atoms with Gasteiger partial charge >= 0.3 is 0 Å². The first kappa shape index (κ1) is 19.3. The zero-order valence-corrected chi connectivity index (χ0v) is 15.3. The number of fused-ring (bicyclic) bond motifs is 1. The Labute approximate surface area is 158 Å². The molecule has 0 saturated carbocycles. The van der Waals surface area contributed by atoms with E-state index >= 15 is 0 Å². The number of ketones is 1. The Bertz CT molecular complexity index is 701. The number of morpholine rings is 1. The third-order valence-electron chi connectivity index (χ3n) is 4.59. The van der Waals surface area contributed by atoms with Crippen LogP contribution in [0, 0.1) is 0 Å². The van der Waals surface area contributed by atoms with Crippen molar-refractivity contribution in [2.24, 2.45) is 0 Å². The molecular weight excluding hydrogens is 350 g/mol. The van der Waals surface area contributed by atoms with Crippen molar-refractivity contribution in [1.82, 2.24) is 10.2 Å². The second kappa shape index (κ2) is 9.48. The van der Waals surface area contributed by atoms with Gasteiger partial charge in [0.2, 0.25) is 5.91 Å². The molecule has 2 heterocycles. The Morgan fingerprint density at radius 2 is 2.00 bits per heavy atom. The number of hydrogen-bond acceptors (Lipinski definition) is 6. The van der Waals surface area contributed by atoms with Gasteiger partial charge in [-0.2, -0.15) is 0 Å². The van der Waals surface area contributed by atoms with Crippen LogP contribution in [0.3, 0.4) is 0 Å². The number of nitrogens with zero attached hydrogens (tertiary/aromatic N) is 1. The molecule has 0 unspecified atom stereocenters. The van der Waals surface area contributed by atoms with Crippen molar-refractivity contribution >= 4 is 23.3 Å². The fraction of sp³-hybridized carbons (Fsp3) is 0.526. The van der Waals surface area contributed by atoms with E-state index in [0.717, 1.165) is 39.3 Å². The molecule has 1 aromatic carbocycles. The minimum atomic E-state index is -0.247. The van der Waals surface area contributed by atoms with Gasteiger partial charge in [0.05, 0.1) is 18.9 Å². The van der Waals surface area contributed by atoms with Crippen molar-refractivity contribution < 1.29 is 23.9 Å². The Hall–Kier alpha value is -2.45. The summed E-state index contributed by atoms with van der Waals surface area (Å²) in [6, 6.07) is 4.90. The van der Waals surface area contributed by atoms with E-state index in [1.165, 1.54) is 0 Å². The lowest BCUT2D eigenvalue weighted by molar-refractivity contribution is -0.121. The average Bonchev–Trinajstić information content (AvgIpc) is 2.69. The van der Waals surface area contributed by atoms with Crippen molar-refractivity contribution in [3.63, 3.8) is 0 Å². The number of amides is 2. The Kier molecular flexibility index (Phi) is 6.78. The van der Waals surface area contributed by atoms with Crippen molar-refractivity contribution in [1.29, 1.82) is 0 Å². The molecule has 0 aliphatic carbocycles. The first-order valence-corrected chi connectivity index (χ1v) is 9.28. The van der Waals surface area contributed by atoms with Crippen LogP contribution in [0.4, 0.5) is 5.69 Å². The molecule has 146 valence electrons. The van der Waals surface area contributed by atoms with Crippen molar-refractivity contribution in [2.45, 2.75) is 19.3 Å². The van der Waals surface area contributed by atoms with Crippen molar-refractivity contribution in [3.8, 4) is 5.75 Å². The molecule has 2 N–H and O–H groups in total. The highest BCUT2D eigenvalue weighted by Crippen LogP contribution is 2.28. The zero-order valence-electron chi connectivity index (χ0n) is 15.3. The van der Waals surface area contributed by atoms with Gasteiger partial charge < -0.3 is 20.1 Å². The maximum absolute atomic E-state index is 12.3. The smallest absolute Gasteiger partial charge is 0.262 e. The van der Waals surface area contributed by atoms with Gasteiger partial charge in [-0.15, -0.1) is 0 Å². The third-order valence-corrected chi connectivity index (χ3v) is 4.59. The van der Waals surface area contributed by atoms with Crippen LogP contribution in [0.25, 0.3) is 0 Å². The largest absolute Gasteiger partial charge is 0.482 e. The highest BCUT2D eigenvalue weighted by atomic mass is 16.5. The third kappa shape index (κ3) is 5.77. The summed E-state index contributed by atoms with van der Waals surface area (Å²) < 4.78 is 10.6. The van der Waals surface area contributed by atoms with Gasteiger partial charge in [0.1, 0.15) is 5.75 Å². The average molecular weight is 375 g/mol. The molecule has 1 saturated heterocycles. The van der Waals surface area contributed by atoms with Crippen LogP contribution < -0.4 is 15.4 Å². The SMILES string of the molecule is O=C(CCC(=O)c1ccc2c(c1)NC(=O)CO2)NCCCN1CCOCC1. The summed E-state index contributed by atoms with van der Waals surface area (Å²) in [6.45, 7) is 4.94. The van der Waals surface area contributed by atoms with E-state index in [4.69, 9.17) is 9.47 Å².